The minimum atomic E-state index is -4.40. The summed E-state index contributed by atoms with van der Waals surface area (Å²) in [7, 11) is -4.40. The zero-order valence-corrected chi connectivity index (χ0v) is 35.8. The number of nitrogens with two attached hydrogens (primary N) is 1. The lowest BCUT2D eigenvalue weighted by atomic mass is 10.1. The van der Waals surface area contributed by atoms with Gasteiger partial charge in [-0.3, -0.25) is 18.6 Å². The van der Waals surface area contributed by atoms with Gasteiger partial charge in [0.15, 0.2) is 6.10 Å². The largest absolute Gasteiger partial charge is 0.472 e. The second-order valence-electron chi connectivity index (χ2n) is 14.1. The van der Waals surface area contributed by atoms with Crippen LogP contribution in [0.5, 0.6) is 0 Å². The Balaban J connectivity index is 4.28. The summed E-state index contributed by atoms with van der Waals surface area (Å²) in [6.45, 7) is 3.16. The topological polar surface area (TPSA) is 155 Å². The molecule has 0 saturated heterocycles. The number of ether oxygens (including phenoxy) is 2. The Morgan fingerprint density at radius 2 is 1.07 bits per heavy atom. The molecule has 3 atom stereocenters. The Labute approximate surface area is 340 Å². The highest BCUT2D eigenvalue weighted by Gasteiger charge is 2.25. The summed E-state index contributed by atoms with van der Waals surface area (Å²) in [4.78, 5) is 34.8. The molecule has 0 aromatic carbocycles. The van der Waals surface area contributed by atoms with Crippen molar-refractivity contribution in [1.29, 1.82) is 0 Å². The van der Waals surface area contributed by atoms with Gasteiger partial charge in [0, 0.05) is 19.4 Å². The van der Waals surface area contributed by atoms with Gasteiger partial charge in [-0.25, -0.2) is 4.57 Å². The summed E-state index contributed by atoms with van der Waals surface area (Å²) in [6.07, 6.45) is 46.4. The van der Waals surface area contributed by atoms with Gasteiger partial charge in [-0.05, 0) is 96.8 Å². The summed E-state index contributed by atoms with van der Waals surface area (Å²) in [6, 6.07) is 0. The third-order valence-corrected chi connectivity index (χ3v) is 9.57. The predicted molar refractivity (Wildman–Crippen MR) is 230 cm³/mol. The van der Waals surface area contributed by atoms with E-state index in [1.54, 1.807) is 0 Å². The van der Waals surface area contributed by atoms with Gasteiger partial charge in [0.25, 0.3) is 0 Å². The molecule has 0 heterocycles. The molecule has 4 N–H and O–H groups in total. The first-order valence-corrected chi connectivity index (χ1v) is 22.9. The molecule has 0 spiro atoms. The Kier molecular flexibility index (Phi) is 38.7. The third-order valence-electron chi connectivity index (χ3n) is 8.58. The Morgan fingerprint density at radius 3 is 1.61 bits per heavy atom. The average molecular weight is 808 g/mol. The summed E-state index contributed by atoms with van der Waals surface area (Å²) in [5.41, 5.74) is 5.34. The Hall–Kier alpha value is -2.59. The van der Waals surface area contributed by atoms with E-state index >= 15 is 0 Å². The van der Waals surface area contributed by atoms with Gasteiger partial charge < -0.3 is 25.2 Å². The number of carbonyl (C=O) groups excluding carboxylic acids is 2. The molecule has 0 amide bonds. The number of hydrogen-bond donors (Lipinski definition) is 3. The van der Waals surface area contributed by atoms with Crippen LogP contribution in [0.4, 0.5) is 0 Å². The van der Waals surface area contributed by atoms with Crippen LogP contribution in [0.3, 0.4) is 0 Å². The normalized spacial score (nSPS) is 14.6. The van der Waals surface area contributed by atoms with Crippen LogP contribution in [-0.2, 0) is 32.7 Å². The number of aliphatic hydroxyl groups excluding tert-OH is 1. The van der Waals surface area contributed by atoms with Crippen LogP contribution >= 0.6 is 7.82 Å². The van der Waals surface area contributed by atoms with Crippen molar-refractivity contribution in [3.05, 3.63) is 72.9 Å². The zero-order chi connectivity index (χ0) is 41.2. The van der Waals surface area contributed by atoms with Crippen molar-refractivity contribution in [2.24, 2.45) is 5.73 Å². The lowest BCUT2D eigenvalue weighted by Crippen LogP contribution is -2.29. The summed E-state index contributed by atoms with van der Waals surface area (Å²) < 4.78 is 32.7. The fraction of sp³-hybridized carbons (Fsp3) is 0.689. The highest BCUT2D eigenvalue weighted by Crippen LogP contribution is 2.43. The molecule has 0 bridgehead atoms. The van der Waals surface area contributed by atoms with Gasteiger partial charge in [-0.15, -0.1) is 0 Å². The number of allylic oxidation sites excluding steroid dienone is 12. The van der Waals surface area contributed by atoms with Crippen molar-refractivity contribution in [3.63, 3.8) is 0 Å². The Morgan fingerprint density at radius 1 is 0.607 bits per heavy atom. The van der Waals surface area contributed by atoms with Crippen molar-refractivity contribution in [2.75, 3.05) is 26.4 Å². The van der Waals surface area contributed by atoms with E-state index in [9.17, 15) is 24.2 Å². The van der Waals surface area contributed by atoms with Crippen molar-refractivity contribution in [1.82, 2.24) is 0 Å². The van der Waals surface area contributed by atoms with Gasteiger partial charge >= 0.3 is 19.8 Å². The monoisotopic (exact) mass is 808 g/mol. The molecule has 0 aliphatic carbocycles. The van der Waals surface area contributed by atoms with Crippen LogP contribution in [0.2, 0.25) is 0 Å². The van der Waals surface area contributed by atoms with Crippen LogP contribution in [0.15, 0.2) is 72.9 Å². The van der Waals surface area contributed by atoms with E-state index in [1.165, 1.54) is 44.9 Å². The van der Waals surface area contributed by atoms with Gasteiger partial charge in [0.1, 0.15) is 6.61 Å². The average Bonchev–Trinajstić information content (AvgIpc) is 3.17. The van der Waals surface area contributed by atoms with E-state index in [2.05, 4.69) is 73.8 Å². The smallest absolute Gasteiger partial charge is 0.462 e. The minimum absolute atomic E-state index is 0.0362. The number of carbonyl (C=O) groups is 2. The molecule has 10 nitrogen and oxygen atoms in total. The van der Waals surface area contributed by atoms with Crippen molar-refractivity contribution in [3.8, 4) is 0 Å². The standard InChI is InChI=1S/C45H78NO9P/c1-3-4-5-6-7-8-9-10-11-12-15-19-22-25-28-31-34-37-45(49)55-43(41-54-56(50,51)53-39-38-46)40-52-44(48)36-33-30-27-24-21-18-16-13-14-17-20-23-26-29-32-35-42(2)47/h7-8,10-11,14,16-18,23-24,26-27,42-43,47H,3-6,9,12-13,15,19-22,25,28-41,46H2,1-2H3,(H,50,51)/b8-7-,11-10-,17-14-,18-16-,26-23-,27-24-/t42-,43-/m1/s1. The van der Waals surface area contributed by atoms with E-state index in [-0.39, 0.29) is 38.7 Å². The zero-order valence-electron chi connectivity index (χ0n) is 35.0. The molecule has 0 saturated carbocycles. The number of esters is 2. The number of phosphoric acid groups is 1. The highest BCUT2D eigenvalue weighted by atomic mass is 31.2. The maximum absolute atomic E-state index is 12.6. The molecule has 0 aromatic rings. The molecule has 322 valence electrons. The first-order chi connectivity index (χ1) is 27.2. The molecular weight excluding hydrogens is 729 g/mol. The second-order valence-corrected chi connectivity index (χ2v) is 15.6. The Bertz CT molecular complexity index is 1160. The van der Waals surface area contributed by atoms with E-state index in [1.807, 2.05) is 13.0 Å². The summed E-state index contributed by atoms with van der Waals surface area (Å²) in [5, 5.41) is 9.26. The van der Waals surface area contributed by atoms with Gasteiger partial charge in [0.2, 0.25) is 0 Å². The van der Waals surface area contributed by atoms with Gasteiger partial charge in [-0.2, -0.15) is 0 Å². The van der Waals surface area contributed by atoms with Crippen LogP contribution in [-0.4, -0.2) is 60.5 Å². The first kappa shape index (κ1) is 53.4. The molecule has 11 heteroatoms. The molecule has 0 aliphatic rings. The van der Waals surface area contributed by atoms with Crippen LogP contribution in [0, 0.1) is 0 Å². The maximum atomic E-state index is 12.6. The number of unbranched alkanes of at least 4 members (excludes halogenated alkanes) is 12. The lowest BCUT2D eigenvalue weighted by molar-refractivity contribution is -0.161. The summed E-state index contributed by atoms with van der Waals surface area (Å²) >= 11 is 0. The third kappa shape index (κ3) is 41.1. The fourth-order valence-electron chi connectivity index (χ4n) is 5.38. The molecule has 1 unspecified atom stereocenters. The number of rotatable bonds is 39. The second kappa shape index (κ2) is 40.6. The van der Waals surface area contributed by atoms with Crippen LogP contribution in [0.25, 0.3) is 0 Å². The first-order valence-electron chi connectivity index (χ1n) is 21.4. The fourth-order valence-corrected chi connectivity index (χ4v) is 6.15. The van der Waals surface area contributed by atoms with Crippen molar-refractivity contribution < 1.29 is 42.7 Å². The quantitative estimate of drug-likeness (QED) is 0.0236. The number of phosphoric ester groups is 1. The molecule has 0 fully saturated rings. The van der Waals surface area contributed by atoms with Crippen molar-refractivity contribution in [2.45, 2.75) is 174 Å². The highest BCUT2D eigenvalue weighted by molar-refractivity contribution is 7.47. The number of aliphatic hydroxyl groups is 1. The van der Waals surface area contributed by atoms with E-state index in [0.29, 0.717) is 12.8 Å². The summed E-state index contributed by atoms with van der Waals surface area (Å²) in [5.74, 6) is -0.926. The van der Waals surface area contributed by atoms with Gasteiger partial charge in [0.05, 0.1) is 19.3 Å². The predicted octanol–water partition coefficient (Wildman–Crippen LogP) is 11.2. The maximum Gasteiger partial charge on any atom is 0.472 e. The van der Waals surface area contributed by atoms with E-state index in [4.69, 9.17) is 24.3 Å². The molecule has 0 aromatic heterocycles. The molecule has 0 radical (unpaired) electrons. The molecule has 0 aliphatic heterocycles. The minimum Gasteiger partial charge on any atom is -0.462 e. The molecule has 0 rings (SSSR count). The SMILES string of the molecule is CCCCC/C=C\C/C=C\CCCCCCCCCC(=O)O[C@H](COC(=O)CCC/C=C\C/C=C\C/C=C\C/C=C\CCC[C@@H](C)O)COP(=O)(O)OCCN. The van der Waals surface area contributed by atoms with Crippen molar-refractivity contribution >= 4 is 19.8 Å². The van der Waals surface area contributed by atoms with Crippen LogP contribution in [0.1, 0.15) is 162 Å². The van der Waals surface area contributed by atoms with Crippen LogP contribution < -0.4 is 5.73 Å². The molecule has 56 heavy (non-hydrogen) atoms. The number of hydrogen-bond acceptors (Lipinski definition) is 9. The van der Waals surface area contributed by atoms with Gasteiger partial charge in [-0.1, -0.05) is 125 Å². The van der Waals surface area contributed by atoms with E-state index in [0.717, 1.165) is 77.0 Å². The van der Waals surface area contributed by atoms with E-state index < -0.39 is 32.5 Å². The lowest BCUT2D eigenvalue weighted by Gasteiger charge is -2.19. The molecular formula is C45H78NO9P.